The fraction of sp³-hybridized carbons (Fsp3) is 0.100. The summed E-state index contributed by atoms with van der Waals surface area (Å²) < 4.78 is 0.924. The Morgan fingerprint density at radius 1 is 1.41 bits per heavy atom. The van der Waals surface area contributed by atoms with Crippen LogP contribution in [-0.4, -0.2) is 30.9 Å². The van der Waals surface area contributed by atoms with Gasteiger partial charge in [0, 0.05) is 0 Å². The predicted octanol–water partition coefficient (Wildman–Crippen LogP) is -0.107. The molecule has 1 aromatic carbocycles. The van der Waals surface area contributed by atoms with Crippen molar-refractivity contribution in [3.63, 3.8) is 0 Å². The molecule has 7 nitrogen and oxygen atoms in total. The lowest BCUT2D eigenvalue weighted by atomic mass is 10.3. The largest absolute Gasteiger partial charge is 0.506 e. The summed E-state index contributed by atoms with van der Waals surface area (Å²) in [6, 6.07) is 6.15. The number of para-hydroxylation sites is 2. The van der Waals surface area contributed by atoms with Gasteiger partial charge >= 0.3 is 11.7 Å². The Balaban J connectivity index is 2.47. The lowest BCUT2D eigenvalue weighted by Crippen LogP contribution is -2.15. The molecule has 2 rings (SSSR count). The molecular weight excluding hydrogens is 226 g/mol. The highest BCUT2D eigenvalue weighted by Gasteiger charge is 2.12. The van der Waals surface area contributed by atoms with Gasteiger partial charge in [0.15, 0.2) is 0 Å². The van der Waals surface area contributed by atoms with Gasteiger partial charge in [-0.15, -0.1) is 5.10 Å². The van der Waals surface area contributed by atoms with Crippen LogP contribution < -0.4 is 5.69 Å². The van der Waals surface area contributed by atoms with Crippen LogP contribution in [0, 0.1) is 0 Å². The summed E-state index contributed by atoms with van der Waals surface area (Å²) in [7, 11) is 0. The quantitative estimate of drug-likeness (QED) is 0.688. The lowest BCUT2D eigenvalue weighted by molar-refractivity contribution is -0.136. The minimum Gasteiger partial charge on any atom is -0.506 e. The molecule has 0 amide bonds. The molecule has 0 spiro atoms. The van der Waals surface area contributed by atoms with Gasteiger partial charge < -0.3 is 10.2 Å². The van der Waals surface area contributed by atoms with Gasteiger partial charge in [0.25, 0.3) is 0 Å². The van der Waals surface area contributed by atoms with Crippen LogP contribution in [0.4, 0.5) is 0 Å². The van der Waals surface area contributed by atoms with Crippen molar-refractivity contribution in [2.24, 2.45) is 0 Å². The van der Waals surface area contributed by atoms with Crippen molar-refractivity contribution in [3.05, 3.63) is 40.6 Å². The number of benzene rings is 1. The van der Waals surface area contributed by atoms with E-state index in [1.807, 2.05) is 0 Å². The van der Waals surface area contributed by atoms with E-state index in [4.69, 9.17) is 5.11 Å². The molecule has 0 atom stereocenters. The second-order valence-electron chi connectivity index (χ2n) is 3.35. The molecular formula is C10H9N3O4. The number of carboxylic acid groups (broad SMARTS) is 1. The molecule has 2 aromatic rings. The number of nitrogens with zero attached hydrogens (tertiary/aromatic N) is 2. The molecule has 88 valence electrons. The average Bonchev–Trinajstić information content (AvgIpc) is 2.59. The molecule has 0 unspecified atom stereocenters. The Bertz CT molecular complexity index is 614. The fourth-order valence-electron chi connectivity index (χ4n) is 1.40. The number of nitrogens with one attached hydrogen (secondary N) is 1. The van der Waals surface area contributed by atoms with E-state index in [-0.39, 0.29) is 23.7 Å². The van der Waals surface area contributed by atoms with Crippen molar-refractivity contribution in [3.8, 4) is 11.4 Å². The zero-order chi connectivity index (χ0) is 12.4. The van der Waals surface area contributed by atoms with Crippen molar-refractivity contribution in [2.75, 3.05) is 0 Å². The summed E-state index contributed by atoms with van der Waals surface area (Å²) in [5, 5.41) is 21.9. The van der Waals surface area contributed by atoms with Gasteiger partial charge in [-0.3, -0.25) is 9.78 Å². The number of carbonyl (C=O) groups is 1. The maximum atomic E-state index is 11.5. The van der Waals surface area contributed by atoms with Crippen LogP contribution in [0.25, 0.3) is 5.69 Å². The first-order valence-corrected chi connectivity index (χ1v) is 4.76. The molecule has 0 aliphatic carbocycles. The molecule has 7 heteroatoms. The number of aromatic hydroxyl groups is 1. The number of H-pyrrole nitrogens is 1. The van der Waals surface area contributed by atoms with Crippen LogP contribution in [0.5, 0.6) is 5.75 Å². The van der Waals surface area contributed by atoms with E-state index in [2.05, 4.69) is 10.1 Å². The van der Waals surface area contributed by atoms with Gasteiger partial charge in [0.05, 0.1) is 0 Å². The third-order valence-electron chi connectivity index (χ3n) is 2.09. The molecule has 0 saturated heterocycles. The Labute approximate surface area is 95.0 Å². The molecule has 0 fully saturated rings. The first-order chi connectivity index (χ1) is 8.08. The smallest absolute Gasteiger partial charge is 0.348 e. The molecule has 1 aromatic heterocycles. The topological polar surface area (TPSA) is 108 Å². The first kappa shape index (κ1) is 10.9. The highest BCUT2D eigenvalue weighted by molar-refractivity contribution is 5.68. The number of phenolic OH excluding ortho intramolecular Hbond substituents is 1. The van der Waals surface area contributed by atoms with Gasteiger partial charge in [-0.25, -0.2) is 4.79 Å². The van der Waals surface area contributed by atoms with Crippen LogP contribution in [0.15, 0.2) is 29.1 Å². The van der Waals surface area contributed by atoms with Crippen molar-refractivity contribution in [1.82, 2.24) is 14.8 Å². The molecule has 1 heterocycles. The van der Waals surface area contributed by atoms with E-state index in [0.29, 0.717) is 0 Å². The zero-order valence-electron chi connectivity index (χ0n) is 8.62. The van der Waals surface area contributed by atoms with E-state index in [1.165, 1.54) is 12.1 Å². The minimum atomic E-state index is -1.09. The van der Waals surface area contributed by atoms with Crippen molar-refractivity contribution in [1.29, 1.82) is 0 Å². The van der Waals surface area contributed by atoms with Crippen LogP contribution in [0.1, 0.15) is 5.82 Å². The average molecular weight is 235 g/mol. The number of carboxylic acids is 1. The summed E-state index contributed by atoms with van der Waals surface area (Å²) in [6.07, 6.45) is -0.379. The molecule has 3 N–H and O–H groups in total. The minimum absolute atomic E-state index is 0.0331. The Morgan fingerprint density at radius 2 is 2.12 bits per heavy atom. The van der Waals surface area contributed by atoms with Gasteiger partial charge in [-0.05, 0) is 12.1 Å². The normalized spacial score (nSPS) is 10.4. The third-order valence-corrected chi connectivity index (χ3v) is 2.09. The van der Waals surface area contributed by atoms with E-state index >= 15 is 0 Å². The maximum Gasteiger partial charge on any atom is 0.348 e. The van der Waals surface area contributed by atoms with E-state index in [1.54, 1.807) is 12.1 Å². The summed E-state index contributed by atoms with van der Waals surface area (Å²) >= 11 is 0. The standard InChI is InChI=1S/C10H9N3O4/c14-7-4-2-1-3-6(7)13-10(17)11-8(12-13)5-9(15)16/h1-4,14H,5H2,(H,15,16)(H,11,12,17). The second-order valence-corrected chi connectivity index (χ2v) is 3.35. The van der Waals surface area contributed by atoms with Crippen molar-refractivity contribution < 1.29 is 15.0 Å². The number of hydrogen-bond acceptors (Lipinski definition) is 4. The Hall–Kier alpha value is -2.57. The third kappa shape index (κ3) is 2.17. The molecule has 0 saturated carbocycles. The van der Waals surface area contributed by atoms with E-state index in [9.17, 15) is 14.7 Å². The lowest BCUT2D eigenvalue weighted by Gasteiger charge is -2.01. The number of rotatable bonds is 3. The van der Waals surface area contributed by atoms with Gasteiger partial charge in [0.1, 0.15) is 23.7 Å². The predicted molar refractivity (Wildman–Crippen MR) is 57.2 cm³/mol. The Kier molecular flexibility index (Phi) is 2.65. The number of aromatic amines is 1. The van der Waals surface area contributed by atoms with Gasteiger partial charge in [-0.2, -0.15) is 4.68 Å². The SMILES string of the molecule is O=C(O)Cc1nn(-c2ccccc2O)c(=O)[nH]1. The first-order valence-electron chi connectivity index (χ1n) is 4.76. The van der Waals surface area contributed by atoms with Crippen LogP contribution in [0.3, 0.4) is 0 Å². The second kappa shape index (κ2) is 4.12. The number of hydrogen-bond donors (Lipinski definition) is 3. The monoisotopic (exact) mass is 235 g/mol. The number of phenols is 1. The van der Waals surface area contributed by atoms with Crippen LogP contribution in [0.2, 0.25) is 0 Å². The molecule has 0 bridgehead atoms. The van der Waals surface area contributed by atoms with Gasteiger partial charge in [0.2, 0.25) is 0 Å². The molecule has 0 radical (unpaired) electrons. The highest BCUT2D eigenvalue weighted by Crippen LogP contribution is 2.17. The summed E-state index contributed by atoms with van der Waals surface area (Å²) in [6.45, 7) is 0. The van der Waals surface area contributed by atoms with Crippen LogP contribution in [-0.2, 0) is 11.2 Å². The molecule has 17 heavy (non-hydrogen) atoms. The van der Waals surface area contributed by atoms with E-state index < -0.39 is 11.7 Å². The Morgan fingerprint density at radius 3 is 2.76 bits per heavy atom. The molecule has 0 aliphatic heterocycles. The van der Waals surface area contributed by atoms with Crippen molar-refractivity contribution >= 4 is 5.97 Å². The van der Waals surface area contributed by atoms with Gasteiger partial charge in [-0.1, -0.05) is 12.1 Å². The highest BCUT2D eigenvalue weighted by atomic mass is 16.4. The van der Waals surface area contributed by atoms with Crippen molar-refractivity contribution in [2.45, 2.75) is 6.42 Å². The maximum absolute atomic E-state index is 11.5. The van der Waals surface area contributed by atoms with Crippen LogP contribution >= 0.6 is 0 Å². The summed E-state index contributed by atoms with van der Waals surface area (Å²) in [4.78, 5) is 24.3. The summed E-state index contributed by atoms with van der Waals surface area (Å²) in [5.74, 6) is -1.17. The number of aliphatic carboxylic acids is 1. The number of aromatic nitrogens is 3. The molecule has 0 aliphatic rings. The fourth-order valence-corrected chi connectivity index (χ4v) is 1.40. The zero-order valence-corrected chi connectivity index (χ0v) is 8.62. The van der Waals surface area contributed by atoms with E-state index in [0.717, 1.165) is 4.68 Å². The summed E-state index contributed by atoms with van der Waals surface area (Å²) in [5.41, 5.74) is -0.395.